The Balaban J connectivity index is 2.20. The van der Waals surface area contributed by atoms with Gasteiger partial charge in [-0.3, -0.25) is 19.1 Å². The molecule has 1 amide bonds. The number of unbranched alkanes of at least 4 members (excludes halogenated alkanes) is 2. The number of ether oxygens (including phenoxy) is 1. The van der Waals surface area contributed by atoms with Gasteiger partial charge >= 0.3 is 11.7 Å². The molecular formula is C24H34N4O5. The van der Waals surface area contributed by atoms with Gasteiger partial charge in [-0.2, -0.15) is 0 Å². The Morgan fingerprint density at radius 2 is 1.70 bits per heavy atom. The number of carbonyl (C=O) groups excluding carboxylic acids is 2. The van der Waals surface area contributed by atoms with Crippen LogP contribution in [-0.2, 0) is 22.5 Å². The minimum Gasteiger partial charge on any atom is -0.452 e. The fourth-order valence-corrected chi connectivity index (χ4v) is 3.44. The van der Waals surface area contributed by atoms with E-state index in [1.807, 2.05) is 26.0 Å². The summed E-state index contributed by atoms with van der Waals surface area (Å²) in [7, 11) is 0. The first kappa shape index (κ1) is 25.9. The molecule has 1 aromatic carbocycles. The minimum absolute atomic E-state index is 0.0796. The van der Waals surface area contributed by atoms with Gasteiger partial charge in [0.2, 0.25) is 0 Å². The molecule has 0 saturated heterocycles. The Hall–Kier alpha value is -3.36. The predicted molar refractivity (Wildman–Crippen MR) is 129 cm³/mol. The molecule has 9 heteroatoms. The van der Waals surface area contributed by atoms with E-state index in [0.717, 1.165) is 31.2 Å². The molecule has 1 heterocycles. The summed E-state index contributed by atoms with van der Waals surface area (Å²) in [6.07, 6.45) is 5.08. The number of benzene rings is 1. The van der Waals surface area contributed by atoms with E-state index in [1.54, 1.807) is 12.1 Å². The first-order valence-corrected chi connectivity index (χ1v) is 11.5. The summed E-state index contributed by atoms with van der Waals surface area (Å²) >= 11 is 0. The molecule has 0 saturated carbocycles. The minimum atomic E-state index is -0.747. The Kier molecular flexibility index (Phi) is 9.90. The van der Waals surface area contributed by atoms with Gasteiger partial charge in [-0.1, -0.05) is 45.7 Å². The number of aromatic amines is 1. The number of aryl methyl sites for hydroxylation is 1. The van der Waals surface area contributed by atoms with Crippen molar-refractivity contribution in [3.63, 3.8) is 0 Å². The third kappa shape index (κ3) is 6.81. The maximum absolute atomic E-state index is 13.0. The molecule has 3 N–H and O–H groups in total. The van der Waals surface area contributed by atoms with Gasteiger partial charge in [-0.25, -0.2) is 9.59 Å². The fourth-order valence-electron chi connectivity index (χ4n) is 3.44. The number of anilines is 2. The van der Waals surface area contributed by atoms with Gasteiger partial charge in [0.05, 0.1) is 5.56 Å². The molecule has 0 bridgehead atoms. The molecular weight excluding hydrogens is 424 g/mol. The lowest BCUT2D eigenvalue weighted by molar-refractivity contribution is -0.121. The molecule has 0 unspecified atom stereocenters. The van der Waals surface area contributed by atoms with Crippen LogP contribution in [-0.4, -0.2) is 34.6 Å². The molecule has 0 radical (unpaired) electrons. The molecule has 0 aliphatic carbocycles. The normalized spacial score (nSPS) is 10.8. The molecule has 2 rings (SSSR count). The summed E-state index contributed by atoms with van der Waals surface area (Å²) in [6, 6.07) is 7.10. The number of rotatable bonds is 12. The Labute approximate surface area is 193 Å². The molecule has 0 atom stereocenters. The Morgan fingerprint density at radius 3 is 2.30 bits per heavy atom. The van der Waals surface area contributed by atoms with Gasteiger partial charge in [0.25, 0.3) is 11.5 Å². The number of nitrogens with one attached hydrogen (secondary N) is 1. The lowest BCUT2D eigenvalue weighted by atomic mass is 10.1. The van der Waals surface area contributed by atoms with E-state index in [4.69, 9.17) is 10.5 Å². The van der Waals surface area contributed by atoms with Crippen molar-refractivity contribution in [2.45, 2.75) is 65.8 Å². The number of nitrogens with two attached hydrogens (primary N) is 1. The molecule has 0 aliphatic rings. The number of carbonyl (C=O) groups is 2. The average molecular weight is 459 g/mol. The van der Waals surface area contributed by atoms with Crippen LogP contribution in [0.2, 0.25) is 0 Å². The highest BCUT2D eigenvalue weighted by Crippen LogP contribution is 2.18. The van der Waals surface area contributed by atoms with Gasteiger partial charge in [0, 0.05) is 13.1 Å². The highest BCUT2D eigenvalue weighted by Gasteiger charge is 2.25. The lowest BCUT2D eigenvalue weighted by Gasteiger charge is -2.24. The van der Waals surface area contributed by atoms with Crippen molar-refractivity contribution in [2.75, 3.05) is 23.8 Å². The number of nitrogens with zero attached hydrogens (tertiary/aromatic N) is 2. The van der Waals surface area contributed by atoms with Crippen LogP contribution in [0.25, 0.3) is 0 Å². The molecule has 180 valence electrons. The standard InChI is InChI=1S/C24H34N4O5/c1-4-7-9-17-10-12-18(13-11-17)23(31)33-16-19(29)27(15-8-5-2)20-21(25)28(14-6-3)24(32)26-22(20)30/h10-13H,4-9,14-16,25H2,1-3H3,(H,26,30,32). The molecule has 9 nitrogen and oxygen atoms in total. The van der Waals surface area contributed by atoms with E-state index in [2.05, 4.69) is 11.9 Å². The first-order valence-electron chi connectivity index (χ1n) is 11.5. The van der Waals surface area contributed by atoms with Gasteiger partial charge in [-0.15, -0.1) is 0 Å². The quantitative estimate of drug-likeness (QED) is 0.471. The molecule has 2 aromatic rings. The fraction of sp³-hybridized carbons (Fsp3) is 0.500. The van der Waals surface area contributed by atoms with E-state index in [-0.39, 0.29) is 18.1 Å². The van der Waals surface area contributed by atoms with E-state index >= 15 is 0 Å². The second kappa shape index (κ2) is 12.6. The van der Waals surface area contributed by atoms with Crippen molar-refractivity contribution >= 4 is 23.4 Å². The number of nitrogen functional groups attached to an aromatic ring is 1. The van der Waals surface area contributed by atoms with Crippen molar-refractivity contribution in [3.8, 4) is 0 Å². The summed E-state index contributed by atoms with van der Waals surface area (Å²) in [4.78, 5) is 53.5. The second-order valence-corrected chi connectivity index (χ2v) is 7.92. The smallest absolute Gasteiger partial charge is 0.338 e. The number of esters is 1. The SMILES string of the molecule is CCCCc1ccc(C(=O)OCC(=O)N(CCCC)c2c(N)n(CCC)c(=O)[nH]c2=O)cc1. The van der Waals surface area contributed by atoms with Crippen LogP contribution in [0.1, 0.15) is 68.8 Å². The van der Waals surface area contributed by atoms with Gasteiger partial charge < -0.3 is 15.4 Å². The summed E-state index contributed by atoms with van der Waals surface area (Å²) in [6.45, 7) is 5.88. The van der Waals surface area contributed by atoms with E-state index in [1.165, 1.54) is 9.47 Å². The lowest BCUT2D eigenvalue weighted by Crippen LogP contribution is -2.43. The Morgan fingerprint density at radius 1 is 1.03 bits per heavy atom. The Bertz CT molecular complexity index is 1060. The topological polar surface area (TPSA) is 127 Å². The van der Waals surface area contributed by atoms with Gasteiger partial charge in [0.15, 0.2) is 12.3 Å². The largest absolute Gasteiger partial charge is 0.452 e. The first-order chi connectivity index (χ1) is 15.8. The van der Waals surface area contributed by atoms with Crippen LogP contribution in [0.3, 0.4) is 0 Å². The van der Waals surface area contributed by atoms with E-state index in [0.29, 0.717) is 24.9 Å². The number of amides is 1. The van der Waals surface area contributed by atoms with Crippen LogP contribution in [0, 0.1) is 0 Å². The molecule has 33 heavy (non-hydrogen) atoms. The van der Waals surface area contributed by atoms with Crippen LogP contribution in [0.5, 0.6) is 0 Å². The second-order valence-electron chi connectivity index (χ2n) is 7.92. The van der Waals surface area contributed by atoms with Gasteiger partial charge in [0.1, 0.15) is 5.82 Å². The van der Waals surface area contributed by atoms with Gasteiger partial charge in [-0.05, 0) is 43.4 Å². The van der Waals surface area contributed by atoms with Crippen molar-refractivity contribution in [2.24, 2.45) is 0 Å². The number of aromatic nitrogens is 2. The summed E-state index contributed by atoms with van der Waals surface area (Å²) < 4.78 is 6.45. The zero-order valence-corrected chi connectivity index (χ0v) is 19.7. The predicted octanol–water partition coefficient (Wildman–Crippen LogP) is 2.86. The monoisotopic (exact) mass is 458 g/mol. The summed E-state index contributed by atoms with van der Waals surface area (Å²) in [5.74, 6) is -1.29. The number of H-pyrrole nitrogens is 1. The van der Waals surface area contributed by atoms with E-state index < -0.39 is 29.7 Å². The molecule has 0 spiro atoms. The maximum atomic E-state index is 13.0. The zero-order valence-electron chi connectivity index (χ0n) is 19.7. The maximum Gasteiger partial charge on any atom is 0.338 e. The molecule has 1 aromatic heterocycles. The van der Waals surface area contributed by atoms with Crippen molar-refractivity contribution in [1.82, 2.24) is 9.55 Å². The summed E-state index contributed by atoms with van der Waals surface area (Å²) in [5.41, 5.74) is 6.12. The highest BCUT2D eigenvalue weighted by atomic mass is 16.5. The average Bonchev–Trinajstić information content (AvgIpc) is 2.80. The highest BCUT2D eigenvalue weighted by molar-refractivity contribution is 5.98. The molecule has 0 fully saturated rings. The van der Waals surface area contributed by atoms with Crippen LogP contribution in [0.4, 0.5) is 11.5 Å². The number of hydrogen-bond acceptors (Lipinski definition) is 6. The van der Waals surface area contributed by atoms with Crippen LogP contribution in [0.15, 0.2) is 33.9 Å². The number of hydrogen-bond donors (Lipinski definition) is 2. The van der Waals surface area contributed by atoms with Crippen LogP contribution >= 0.6 is 0 Å². The summed E-state index contributed by atoms with van der Waals surface area (Å²) in [5, 5.41) is 0. The van der Waals surface area contributed by atoms with Crippen molar-refractivity contribution in [3.05, 3.63) is 56.2 Å². The molecule has 0 aliphatic heterocycles. The third-order valence-electron chi connectivity index (χ3n) is 5.30. The third-order valence-corrected chi connectivity index (χ3v) is 5.30. The zero-order chi connectivity index (χ0) is 24.4. The van der Waals surface area contributed by atoms with Crippen molar-refractivity contribution in [1.29, 1.82) is 0 Å². The van der Waals surface area contributed by atoms with E-state index in [9.17, 15) is 19.2 Å². The van der Waals surface area contributed by atoms with Crippen molar-refractivity contribution < 1.29 is 14.3 Å². The van der Waals surface area contributed by atoms with Crippen LogP contribution < -0.4 is 21.9 Å².